The molecular formula is C16H19BrN2S. The van der Waals surface area contributed by atoms with Crippen LogP contribution in [0.25, 0.3) is 0 Å². The average molecular weight is 351 g/mol. The van der Waals surface area contributed by atoms with Crippen LogP contribution < -0.4 is 5.73 Å². The Kier molecular flexibility index (Phi) is 4.56. The largest absolute Gasteiger partial charge is 0.329 e. The van der Waals surface area contributed by atoms with Gasteiger partial charge in [-0.3, -0.25) is 4.90 Å². The molecule has 1 aliphatic rings. The maximum atomic E-state index is 6.06. The predicted molar refractivity (Wildman–Crippen MR) is 89.2 cm³/mol. The van der Waals surface area contributed by atoms with E-state index in [2.05, 4.69) is 56.5 Å². The summed E-state index contributed by atoms with van der Waals surface area (Å²) in [6.07, 6.45) is 2.24. The zero-order chi connectivity index (χ0) is 13.9. The van der Waals surface area contributed by atoms with E-state index in [1.54, 1.807) is 11.3 Å². The molecule has 2 heterocycles. The van der Waals surface area contributed by atoms with Crippen molar-refractivity contribution in [3.63, 3.8) is 0 Å². The van der Waals surface area contributed by atoms with Crippen molar-refractivity contribution < 1.29 is 0 Å². The Balaban J connectivity index is 1.80. The van der Waals surface area contributed by atoms with Crippen LogP contribution in [0.5, 0.6) is 0 Å². The minimum Gasteiger partial charge on any atom is -0.329 e. The van der Waals surface area contributed by atoms with E-state index in [9.17, 15) is 0 Å². The average Bonchev–Trinajstić information content (AvgIpc) is 2.77. The summed E-state index contributed by atoms with van der Waals surface area (Å²) in [4.78, 5) is 3.90. The molecule has 106 valence electrons. The third-order valence-electron chi connectivity index (χ3n) is 4.07. The van der Waals surface area contributed by atoms with Crippen LogP contribution in [-0.4, -0.2) is 24.5 Å². The highest BCUT2D eigenvalue weighted by atomic mass is 79.9. The smallest absolute Gasteiger partial charge is 0.0575 e. The molecule has 0 fully saturated rings. The lowest BCUT2D eigenvalue weighted by molar-refractivity contribution is 0.214. The first-order valence-corrected chi connectivity index (χ1v) is 8.70. The van der Waals surface area contributed by atoms with E-state index >= 15 is 0 Å². The van der Waals surface area contributed by atoms with Gasteiger partial charge in [-0.25, -0.2) is 0 Å². The van der Waals surface area contributed by atoms with Crippen LogP contribution in [0.3, 0.4) is 0 Å². The number of hydrogen-bond acceptors (Lipinski definition) is 3. The highest BCUT2D eigenvalue weighted by Crippen LogP contribution is 2.33. The Morgan fingerprint density at radius 2 is 1.80 bits per heavy atom. The van der Waals surface area contributed by atoms with Crippen LogP contribution in [0.15, 0.2) is 40.2 Å². The van der Waals surface area contributed by atoms with E-state index < -0.39 is 0 Å². The number of halogens is 1. The number of hydrogen-bond donors (Lipinski definition) is 1. The Hall–Kier alpha value is -0.680. The first-order valence-electron chi connectivity index (χ1n) is 7.03. The molecule has 1 atom stereocenters. The Morgan fingerprint density at radius 3 is 2.30 bits per heavy atom. The molecule has 20 heavy (non-hydrogen) atoms. The second-order valence-corrected chi connectivity index (χ2v) is 6.99. The minimum atomic E-state index is 0.332. The van der Waals surface area contributed by atoms with Crippen molar-refractivity contribution in [2.24, 2.45) is 5.73 Å². The molecule has 0 saturated heterocycles. The van der Waals surface area contributed by atoms with E-state index in [-0.39, 0.29) is 0 Å². The molecule has 1 unspecified atom stereocenters. The highest BCUT2D eigenvalue weighted by molar-refractivity contribution is 9.10. The molecule has 0 aliphatic carbocycles. The van der Waals surface area contributed by atoms with Crippen LogP contribution in [0, 0.1) is 0 Å². The van der Waals surface area contributed by atoms with Crippen LogP contribution in [0.1, 0.15) is 22.0 Å². The van der Waals surface area contributed by atoms with Gasteiger partial charge in [-0.1, -0.05) is 24.3 Å². The normalized spacial score (nSPS) is 17.5. The maximum absolute atomic E-state index is 6.06. The van der Waals surface area contributed by atoms with Gasteiger partial charge < -0.3 is 5.73 Å². The molecule has 0 bridgehead atoms. The Labute approximate surface area is 132 Å². The summed E-state index contributed by atoms with van der Waals surface area (Å²) in [5.74, 6) is 0. The van der Waals surface area contributed by atoms with Gasteiger partial charge in [-0.15, -0.1) is 11.3 Å². The van der Waals surface area contributed by atoms with Gasteiger partial charge in [0, 0.05) is 29.0 Å². The van der Waals surface area contributed by atoms with E-state index in [4.69, 9.17) is 5.73 Å². The van der Waals surface area contributed by atoms with E-state index in [1.807, 2.05) is 0 Å². The zero-order valence-electron chi connectivity index (χ0n) is 11.4. The third-order valence-corrected chi connectivity index (χ3v) is 6.04. The summed E-state index contributed by atoms with van der Waals surface area (Å²) in [6, 6.07) is 11.3. The fourth-order valence-electron chi connectivity index (χ4n) is 2.96. The van der Waals surface area contributed by atoms with Crippen molar-refractivity contribution in [1.82, 2.24) is 4.90 Å². The van der Waals surface area contributed by atoms with Gasteiger partial charge in [0.1, 0.15) is 0 Å². The lowest BCUT2D eigenvalue weighted by Gasteiger charge is -2.29. The van der Waals surface area contributed by atoms with E-state index in [0.717, 1.165) is 25.9 Å². The molecular weight excluding hydrogens is 332 g/mol. The van der Waals surface area contributed by atoms with E-state index in [1.165, 1.54) is 20.5 Å². The number of fused-ring (bicyclic) bond motifs is 1. The summed E-state index contributed by atoms with van der Waals surface area (Å²) in [7, 11) is 0. The van der Waals surface area contributed by atoms with Crippen molar-refractivity contribution in [1.29, 1.82) is 0 Å². The molecule has 0 amide bonds. The molecule has 4 heteroatoms. The quantitative estimate of drug-likeness (QED) is 0.915. The monoisotopic (exact) mass is 350 g/mol. The van der Waals surface area contributed by atoms with Crippen LogP contribution in [0.2, 0.25) is 0 Å². The van der Waals surface area contributed by atoms with Crippen molar-refractivity contribution in [3.8, 4) is 0 Å². The van der Waals surface area contributed by atoms with Crippen molar-refractivity contribution in [3.05, 3.63) is 56.2 Å². The molecule has 0 saturated carbocycles. The molecule has 2 aromatic rings. The molecule has 2 N–H and O–H groups in total. The molecule has 2 nitrogen and oxygen atoms in total. The molecule has 0 radical (unpaired) electrons. The first kappa shape index (κ1) is 14.3. The van der Waals surface area contributed by atoms with Crippen LogP contribution in [-0.2, 0) is 12.8 Å². The fourth-order valence-corrected chi connectivity index (χ4v) is 4.75. The Morgan fingerprint density at radius 1 is 1.15 bits per heavy atom. The standard InChI is InChI=1S/C16H19BrN2S/c17-14-7-10-20-16(14)15(11-18)19-8-5-12-3-1-2-4-13(12)6-9-19/h1-4,7,10,15H,5-6,8-9,11,18H2. The van der Waals surface area contributed by atoms with Gasteiger partial charge in [0.25, 0.3) is 0 Å². The van der Waals surface area contributed by atoms with Gasteiger partial charge in [0.05, 0.1) is 6.04 Å². The molecule has 0 spiro atoms. The second kappa shape index (κ2) is 6.39. The van der Waals surface area contributed by atoms with Crippen molar-refractivity contribution >= 4 is 27.3 Å². The number of nitrogens with zero attached hydrogens (tertiary/aromatic N) is 1. The van der Waals surface area contributed by atoms with Crippen molar-refractivity contribution in [2.75, 3.05) is 19.6 Å². The first-order chi connectivity index (χ1) is 9.79. The molecule has 1 aliphatic heterocycles. The van der Waals surface area contributed by atoms with Crippen molar-refractivity contribution in [2.45, 2.75) is 18.9 Å². The van der Waals surface area contributed by atoms with Gasteiger partial charge in [0.15, 0.2) is 0 Å². The number of benzene rings is 1. The van der Waals surface area contributed by atoms with Gasteiger partial charge in [-0.05, 0) is 51.3 Å². The number of rotatable bonds is 3. The SMILES string of the molecule is NCC(c1sccc1Br)N1CCc2ccccc2CC1. The van der Waals surface area contributed by atoms with Crippen LogP contribution >= 0.6 is 27.3 Å². The highest BCUT2D eigenvalue weighted by Gasteiger charge is 2.24. The van der Waals surface area contributed by atoms with E-state index in [0.29, 0.717) is 12.6 Å². The summed E-state index contributed by atoms with van der Waals surface area (Å²) in [5.41, 5.74) is 9.06. The zero-order valence-corrected chi connectivity index (χ0v) is 13.8. The number of thiophene rings is 1. The topological polar surface area (TPSA) is 29.3 Å². The Bertz CT molecular complexity index is 554. The lowest BCUT2D eigenvalue weighted by Crippen LogP contribution is -2.35. The summed E-state index contributed by atoms with van der Waals surface area (Å²) >= 11 is 5.45. The lowest BCUT2D eigenvalue weighted by atomic mass is 10.0. The summed E-state index contributed by atoms with van der Waals surface area (Å²) in [6.45, 7) is 2.85. The number of nitrogens with two attached hydrogens (primary N) is 1. The minimum absolute atomic E-state index is 0.332. The van der Waals surface area contributed by atoms with Crippen LogP contribution in [0.4, 0.5) is 0 Å². The summed E-state index contributed by atoms with van der Waals surface area (Å²) < 4.78 is 1.19. The predicted octanol–water partition coefficient (Wildman–Crippen LogP) is 3.61. The van der Waals surface area contributed by atoms with Gasteiger partial charge in [-0.2, -0.15) is 0 Å². The maximum Gasteiger partial charge on any atom is 0.0575 e. The fraction of sp³-hybridized carbons (Fsp3) is 0.375. The molecule has 3 rings (SSSR count). The third kappa shape index (κ3) is 2.84. The second-order valence-electron chi connectivity index (χ2n) is 5.19. The van der Waals surface area contributed by atoms with Gasteiger partial charge >= 0.3 is 0 Å². The molecule has 1 aromatic carbocycles. The van der Waals surface area contributed by atoms with Gasteiger partial charge in [0.2, 0.25) is 0 Å². The summed E-state index contributed by atoms with van der Waals surface area (Å²) in [5, 5.41) is 2.13. The molecule has 1 aromatic heterocycles.